The van der Waals surface area contributed by atoms with Gasteiger partial charge < -0.3 is 4.98 Å². The van der Waals surface area contributed by atoms with E-state index in [0.29, 0.717) is 5.56 Å². The number of H-pyrrole nitrogens is 1. The van der Waals surface area contributed by atoms with E-state index < -0.39 is 11.6 Å². The molecule has 100 valence electrons. The van der Waals surface area contributed by atoms with E-state index in [1.54, 1.807) is 20.8 Å². The van der Waals surface area contributed by atoms with E-state index in [0.717, 1.165) is 6.33 Å². The van der Waals surface area contributed by atoms with Gasteiger partial charge in [-0.25, -0.2) is 13.8 Å². The second kappa shape index (κ2) is 4.91. The fourth-order valence-corrected chi connectivity index (χ4v) is 2.02. The summed E-state index contributed by atoms with van der Waals surface area (Å²) in [6, 6.07) is 2.54. The Labute approximate surface area is 109 Å². The molecule has 19 heavy (non-hydrogen) atoms. The smallest absolute Gasteiger partial charge is 0.254 e. The lowest BCUT2D eigenvalue weighted by molar-refractivity contribution is 0.582. The molecular formula is C14H14F2N2O. The predicted molar refractivity (Wildman–Crippen MR) is 69.0 cm³/mol. The van der Waals surface area contributed by atoms with Gasteiger partial charge in [0.15, 0.2) is 0 Å². The van der Waals surface area contributed by atoms with Crippen LogP contribution in [-0.4, -0.2) is 9.97 Å². The van der Waals surface area contributed by atoms with Crippen LogP contribution in [0.1, 0.15) is 30.9 Å². The largest absolute Gasteiger partial charge is 0.313 e. The van der Waals surface area contributed by atoms with Crippen LogP contribution in [0.3, 0.4) is 0 Å². The van der Waals surface area contributed by atoms with E-state index in [1.807, 2.05) is 0 Å². The number of nitrogens with zero attached hydrogens (tertiary/aromatic N) is 1. The summed E-state index contributed by atoms with van der Waals surface area (Å²) in [5, 5.41) is 0. The van der Waals surface area contributed by atoms with Crippen LogP contribution in [-0.2, 0) is 0 Å². The minimum Gasteiger partial charge on any atom is -0.313 e. The first-order chi connectivity index (χ1) is 8.93. The van der Waals surface area contributed by atoms with Crippen LogP contribution in [0, 0.1) is 18.6 Å². The van der Waals surface area contributed by atoms with E-state index in [9.17, 15) is 13.6 Å². The van der Waals surface area contributed by atoms with E-state index in [1.165, 1.54) is 12.1 Å². The first-order valence-electron chi connectivity index (χ1n) is 5.96. The molecule has 0 aliphatic carbocycles. The van der Waals surface area contributed by atoms with Crippen molar-refractivity contribution in [2.24, 2.45) is 0 Å². The molecule has 1 heterocycles. The normalized spacial score (nSPS) is 11.1. The van der Waals surface area contributed by atoms with Crippen LogP contribution in [0.15, 0.2) is 23.3 Å². The summed E-state index contributed by atoms with van der Waals surface area (Å²) < 4.78 is 28.0. The van der Waals surface area contributed by atoms with Crippen LogP contribution >= 0.6 is 0 Å². The van der Waals surface area contributed by atoms with Crippen molar-refractivity contribution in [3.63, 3.8) is 0 Å². The Morgan fingerprint density at radius 1 is 1.26 bits per heavy atom. The molecule has 0 bridgehead atoms. The Bertz CT molecular complexity index is 678. The first kappa shape index (κ1) is 13.4. The van der Waals surface area contributed by atoms with E-state index in [4.69, 9.17) is 0 Å². The molecule has 5 heteroatoms. The molecule has 1 aromatic heterocycles. The van der Waals surface area contributed by atoms with Gasteiger partial charge >= 0.3 is 0 Å². The lowest BCUT2D eigenvalue weighted by atomic mass is 9.96. The monoisotopic (exact) mass is 264 g/mol. The van der Waals surface area contributed by atoms with Gasteiger partial charge in [0.05, 0.1) is 17.6 Å². The zero-order valence-corrected chi connectivity index (χ0v) is 10.9. The molecule has 0 aliphatic rings. The molecule has 1 N–H and O–H groups in total. The van der Waals surface area contributed by atoms with Crippen LogP contribution in [0.25, 0.3) is 11.3 Å². The summed E-state index contributed by atoms with van der Waals surface area (Å²) in [4.78, 5) is 18.2. The minimum atomic E-state index is -0.719. The fourth-order valence-electron chi connectivity index (χ4n) is 2.02. The van der Waals surface area contributed by atoms with Crippen molar-refractivity contribution in [2.75, 3.05) is 0 Å². The van der Waals surface area contributed by atoms with Crippen molar-refractivity contribution in [3.8, 4) is 11.3 Å². The maximum Gasteiger partial charge on any atom is 0.254 e. The quantitative estimate of drug-likeness (QED) is 0.905. The summed E-state index contributed by atoms with van der Waals surface area (Å²) in [6.45, 7) is 5.10. The molecule has 0 amide bonds. The molecule has 1 aromatic carbocycles. The van der Waals surface area contributed by atoms with Crippen LogP contribution in [0.2, 0.25) is 0 Å². The SMILES string of the molecule is Cc1ccc(F)c(-c2nc[nH]c(=O)c2C(C)C)c1F. The van der Waals surface area contributed by atoms with Gasteiger partial charge in [-0.05, 0) is 24.5 Å². The number of aromatic nitrogens is 2. The van der Waals surface area contributed by atoms with Crippen LogP contribution < -0.4 is 5.56 Å². The van der Waals surface area contributed by atoms with Crippen molar-refractivity contribution in [3.05, 3.63) is 51.6 Å². The topological polar surface area (TPSA) is 45.8 Å². The van der Waals surface area contributed by atoms with Crippen LogP contribution in [0.5, 0.6) is 0 Å². The molecule has 0 fully saturated rings. The molecular weight excluding hydrogens is 250 g/mol. The highest BCUT2D eigenvalue weighted by molar-refractivity contribution is 5.65. The molecule has 2 aromatic rings. The summed E-state index contributed by atoms with van der Waals surface area (Å²) in [6.07, 6.45) is 1.16. The predicted octanol–water partition coefficient (Wildman–Crippen LogP) is 3.15. The average Bonchev–Trinajstić information content (AvgIpc) is 2.34. The molecule has 0 saturated carbocycles. The summed E-state index contributed by atoms with van der Waals surface area (Å²) in [7, 11) is 0. The number of benzene rings is 1. The zero-order chi connectivity index (χ0) is 14.2. The summed E-state index contributed by atoms with van der Waals surface area (Å²) >= 11 is 0. The third-order valence-electron chi connectivity index (χ3n) is 2.99. The first-order valence-corrected chi connectivity index (χ1v) is 5.96. The van der Waals surface area contributed by atoms with Gasteiger partial charge in [0.1, 0.15) is 11.6 Å². The Balaban J connectivity index is 2.84. The maximum atomic E-state index is 14.1. The molecule has 0 atom stereocenters. The Morgan fingerprint density at radius 2 is 1.95 bits per heavy atom. The fraction of sp³-hybridized carbons (Fsp3) is 0.286. The average molecular weight is 264 g/mol. The Kier molecular flexibility index (Phi) is 3.46. The molecule has 2 rings (SSSR count). The summed E-state index contributed by atoms with van der Waals surface area (Å²) in [5.74, 6) is -1.59. The van der Waals surface area contributed by atoms with Gasteiger partial charge in [0.2, 0.25) is 0 Å². The Hall–Kier alpha value is -2.04. The molecule has 3 nitrogen and oxygen atoms in total. The molecule has 0 saturated heterocycles. The molecule has 0 aliphatic heterocycles. The van der Waals surface area contributed by atoms with Gasteiger partial charge in [0.25, 0.3) is 5.56 Å². The second-order valence-corrected chi connectivity index (χ2v) is 4.70. The number of nitrogens with one attached hydrogen (secondary N) is 1. The molecule has 0 spiro atoms. The van der Waals surface area contributed by atoms with Crippen molar-refractivity contribution in [2.45, 2.75) is 26.7 Å². The van der Waals surface area contributed by atoms with E-state index in [-0.39, 0.29) is 28.3 Å². The highest BCUT2D eigenvalue weighted by atomic mass is 19.1. The van der Waals surface area contributed by atoms with Gasteiger partial charge in [-0.1, -0.05) is 19.9 Å². The zero-order valence-electron chi connectivity index (χ0n) is 10.9. The van der Waals surface area contributed by atoms with Gasteiger partial charge in [0, 0.05) is 5.56 Å². The number of aryl methyl sites for hydroxylation is 1. The standard InChI is InChI=1S/C14H14F2N2O/c1-7(2)10-13(17-6-18-14(10)19)11-9(15)5-4-8(3)12(11)16/h4-7H,1-3H3,(H,17,18,19). The highest BCUT2D eigenvalue weighted by Crippen LogP contribution is 2.30. The van der Waals surface area contributed by atoms with E-state index >= 15 is 0 Å². The molecule has 0 radical (unpaired) electrons. The number of hydrogen-bond acceptors (Lipinski definition) is 2. The van der Waals surface area contributed by atoms with Gasteiger partial charge in [-0.15, -0.1) is 0 Å². The van der Waals surface area contributed by atoms with E-state index in [2.05, 4.69) is 9.97 Å². The lowest BCUT2D eigenvalue weighted by Gasteiger charge is -2.12. The van der Waals surface area contributed by atoms with Gasteiger partial charge in [-0.2, -0.15) is 0 Å². The van der Waals surface area contributed by atoms with Gasteiger partial charge in [-0.3, -0.25) is 4.79 Å². The number of hydrogen-bond donors (Lipinski definition) is 1. The van der Waals surface area contributed by atoms with Crippen molar-refractivity contribution in [1.29, 1.82) is 0 Å². The maximum absolute atomic E-state index is 14.1. The van der Waals surface area contributed by atoms with Crippen LogP contribution in [0.4, 0.5) is 8.78 Å². The number of rotatable bonds is 2. The minimum absolute atomic E-state index is 0.0671. The van der Waals surface area contributed by atoms with Crippen molar-refractivity contribution < 1.29 is 8.78 Å². The lowest BCUT2D eigenvalue weighted by Crippen LogP contribution is -2.17. The third kappa shape index (κ3) is 2.28. The van der Waals surface area contributed by atoms with Crippen molar-refractivity contribution in [1.82, 2.24) is 9.97 Å². The molecule has 0 unspecified atom stereocenters. The Morgan fingerprint density at radius 3 is 2.58 bits per heavy atom. The summed E-state index contributed by atoms with van der Waals surface area (Å²) in [5.41, 5.74) is 0.0478. The second-order valence-electron chi connectivity index (χ2n) is 4.70. The third-order valence-corrected chi connectivity index (χ3v) is 2.99. The van der Waals surface area contributed by atoms with Crippen molar-refractivity contribution >= 4 is 0 Å². The number of halogens is 2. The number of aromatic amines is 1. The highest BCUT2D eigenvalue weighted by Gasteiger charge is 2.21.